The van der Waals surface area contributed by atoms with E-state index in [1.807, 2.05) is 50.2 Å². The van der Waals surface area contributed by atoms with Gasteiger partial charge in [0, 0.05) is 5.39 Å². The number of para-hydroxylation sites is 1. The fraction of sp³-hybridized carbons (Fsp3) is 0.182. The summed E-state index contributed by atoms with van der Waals surface area (Å²) < 4.78 is 22.5. The third kappa shape index (κ3) is 3.94. The number of hydrogen-bond donors (Lipinski definition) is 0. The van der Waals surface area contributed by atoms with Crippen LogP contribution in [0.4, 0.5) is 0 Å². The van der Waals surface area contributed by atoms with E-state index in [0.29, 0.717) is 30.3 Å². The molecule has 7 nitrogen and oxygen atoms in total. The minimum atomic E-state index is -1.43. The SMILES string of the molecule is Cc1ccccc1OCCOc1cc2cc(-c3ncc(C(=O)[O-])o3)oc2cc1C. The minimum absolute atomic E-state index is 0.0761. The van der Waals surface area contributed by atoms with Crippen molar-refractivity contribution in [2.45, 2.75) is 13.8 Å². The first-order valence-electron chi connectivity index (χ1n) is 9.04. The highest BCUT2D eigenvalue weighted by atomic mass is 16.5. The van der Waals surface area contributed by atoms with E-state index in [4.69, 9.17) is 18.3 Å². The number of aryl methyl sites for hydroxylation is 2. The maximum Gasteiger partial charge on any atom is 0.263 e. The molecule has 0 saturated carbocycles. The quantitative estimate of drug-likeness (QED) is 0.444. The van der Waals surface area contributed by atoms with Gasteiger partial charge in [-0.05, 0) is 49.2 Å². The molecule has 7 heteroatoms. The van der Waals surface area contributed by atoms with Crippen LogP contribution in [0.5, 0.6) is 11.5 Å². The summed E-state index contributed by atoms with van der Waals surface area (Å²) in [6.45, 7) is 4.72. The van der Waals surface area contributed by atoms with Crippen LogP contribution in [0.2, 0.25) is 0 Å². The van der Waals surface area contributed by atoms with E-state index in [1.165, 1.54) is 0 Å². The van der Waals surface area contributed by atoms with Gasteiger partial charge < -0.3 is 28.2 Å². The number of rotatable bonds is 7. The molecule has 0 aliphatic rings. The lowest BCUT2D eigenvalue weighted by Crippen LogP contribution is -2.21. The van der Waals surface area contributed by atoms with E-state index in [1.54, 1.807) is 6.07 Å². The third-order valence-corrected chi connectivity index (χ3v) is 4.42. The predicted molar refractivity (Wildman–Crippen MR) is 103 cm³/mol. The summed E-state index contributed by atoms with van der Waals surface area (Å²) in [5, 5.41) is 11.6. The number of ether oxygens (including phenoxy) is 2. The van der Waals surface area contributed by atoms with E-state index in [9.17, 15) is 9.90 Å². The molecular formula is C22H18NO6-. The van der Waals surface area contributed by atoms with Gasteiger partial charge in [-0.3, -0.25) is 0 Å². The maximum absolute atomic E-state index is 10.8. The molecule has 2 aromatic heterocycles. The lowest BCUT2D eigenvalue weighted by Gasteiger charge is -2.11. The normalized spacial score (nSPS) is 11.0. The van der Waals surface area contributed by atoms with Crippen molar-refractivity contribution in [3.05, 3.63) is 65.5 Å². The van der Waals surface area contributed by atoms with Crippen molar-refractivity contribution < 1.29 is 28.2 Å². The predicted octanol–water partition coefficient (Wildman–Crippen LogP) is 3.53. The van der Waals surface area contributed by atoms with Gasteiger partial charge in [-0.25, -0.2) is 4.98 Å². The first-order valence-corrected chi connectivity index (χ1v) is 9.04. The molecular weight excluding hydrogens is 374 g/mol. The topological polar surface area (TPSA) is 97.8 Å². The van der Waals surface area contributed by atoms with Crippen LogP contribution in [0, 0.1) is 13.8 Å². The molecule has 0 N–H and O–H groups in total. The van der Waals surface area contributed by atoms with Crippen LogP contribution in [0.1, 0.15) is 21.7 Å². The van der Waals surface area contributed by atoms with Crippen molar-refractivity contribution in [1.82, 2.24) is 4.98 Å². The standard InChI is InChI=1S/C22H19NO6/c1-13-5-3-4-6-16(13)26-7-8-27-17-10-15-11-19(28-18(15)9-14(17)2)21-23-12-20(29-21)22(24)25/h3-6,9-12H,7-8H2,1-2H3,(H,24,25)/p-1. The molecule has 0 saturated heterocycles. The number of aromatic nitrogens is 1. The Morgan fingerprint density at radius 2 is 1.76 bits per heavy atom. The van der Waals surface area contributed by atoms with Gasteiger partial charge in [-0.1, -0.05) is 18.2 Å². The highest BCUT2D eigenvalue weighted by Gasteiger charge is 2.14. The lowest BCUT2D eigenvalue weighted by atomic mass is 10.1. The molecule has 2 heterocycles. The molecule has 148 valence electrons. The minimum Gasteiger partial charge on any atom is -0.541 e. The number of fused-ring (bicyclic) bond motifs is 1. The smallest absolute Gasteiger partial charge is 0.263 e. The van der Waals surface area contributed by atoms with Crippen LogP contribution in [0.3, 0.4) is 0 Å². The summed E-state index contributed by atoms with van der Waals surface area (Å²) >= 11 is 0. The monoisotopic (exact) mass is 392 g/mol. The molecule has 29 heavy (non-hydrogen) atoms. The Labute approximate surface area is 166 Å². The molecule has 0 radical (unpaired) electrons. The first kappa shape index (κ1) is 18.6. The van der Waals surface area contributed by atoms with Gasteiger partial charge in [0.1, 0.15) is 36.3 Å². The Morgan fingerprint density at radius 1 is 1.00 bits per heavy atom. The summed E-state index contributed by atoms with van der Waals surface area (Å²) in [6.07, 6.45) is 1.09. The fourth-order valence-electron chi connectivity index (χ4n) is 2.93. The Morgan fingerprint density at radius 3 is 2.48 bits per heavy atom. The Hall–Kier alpha value is -3.74. The summed E-state index contributed by atoms with van der Waals surface area (Å²) in [5.41, 5.74) is 2.59. The maximum atomic E-state index is 10.8. The fourth-order valence-corrected chi connectivity index (χ4v) is 2.93. The molecule has 4 rings (SSSR count). The number of nitrogens with zero attached hydrogens (tertiary/aromatic N) is 1. The van der Waals surface area contributed by atoms with E-state index in [-0.39, 0.29) is 11.7 Å². The molecule has 0 fully saturated rings. The van der Waals surface area contributed by atoms with Gasteiger partial charge in [0.05, 0.1) is 6.20 Å². The van der Waals surface area contributed by atoms with Crippen LogP contribution in [-0.2, 0) is 0 Å². The van der Waals surface area contributed by atoms with Gasteiger partial charge >= 0.3 is 0 Å². The number of carbonyl (C=O) groups is 1. The summed E-state index contributed by atoms with van der Waals surface area (Å²) in [5.74, 6) is 0.165. The van der Waals surface area contributed by atoms with Crippen molar-refractivity contribution in [2.75, 3.05) is 13.2 Å². The van der Waals surface area contributed by atoms with Crippen molar-refractivity contribution in [1.29, 1.82) is 0 Å². The highest BCUT2D eigenvalue weighted by molar-refractivity contribution is 5.85. The molecule has 2 aromatic carbocycles. The van der Waals surface area contributed by atoms with Crippen molar-refractivity contribution in [3.63, 3.8) is 0 Å². The van der Waals surface area contributed by atoms with E-state index in [2.05, 4.69) is 4.98 Å². The second-order valence-electron chi connectivity index (χ2n) is 6.55. The van der Waals surface area contributed by atoms with Crippen LogP contribution in [-0.4, -0.2) is 24.2 Å². The van der Waals surface area contributed by atoms with Crippen molar-refractivity contribution >= 4 is 16.9 Å². The van der Waals surface area contributed by atoms with Gasteiger partial charge in [0.15, 0.2) is 11.5 Å². The van der Waals surface area contributed by atoms with E-state index in [0.717, 1.165) is 28.5 Å². The number of oxazole rings is 1. The van der Waals surface area contributed by atoms with Crippen LogP contribution in [0.25, 0.3) is 22.6 Å². The molecule has 0 aliphatic heterocycles. The van der Waals surface area contributed by atoms with Gasteiger partial charge in [0.25, 0.3) is 5.89 Å². The third-order valence-electron chi connectivity index (χ3n) is 4.42. The lowest BCUT2D eigenvalue weighted by molar-refractivity contribution is -0.257. The molecule has 0 atom stereocenters. The Bertz CT molecular complexity index is 1170. The average Bonchev–Trinajstić information content (AvgIpc) is 3.33. The summed E-state index contributed by atoms with van der Waals surface area (Å²) in [7, 11) is 0. The zero-order valence-electron chi connectivity index (χ0n) is 15.9. The average molecular weight is 392 g/mol. The van der Waals surface area contributed by atoms with Crippen molar-refractivity contribution in [3.8, 4) is 23.1 Å². The summed E-state index contributed by atoms with van der Waals surface area (Å²) in [4.78, 5) is 14.8. The molecule has 0 spiro atoms. The molecule has 0 bridgehead atoms. The number of hydrogen-bond acceptors (Lipinski definition) is 7. The van der Waals surface area contributed by atoms with Crippen molar-refractivity contribution in [2.24, 2.45) is 0 Å². The number of carboxylic acid groups (broad SMARTS) is 1. The van der Waals surface area contributed by atoms with Gasteiger partial charge in [-0.15, -0.1) is 0 Å². The van der Waals surface area contributed by atoms with Crippen LogP contribution in [0.15, 0.2) is 57.5 Å². The second kappa shape index (κ2) is 7.71. The molecule has 0 amide bonds. The number of furan rings is 1. The highest BCUT2D eigenvalue weighted by Crippen LogP contribution is 2.32. The molecule has 0 unspecified atom stereocenters. The summed E-state index contributed by atoms with van der Waals surface area (Å²) in [6, 6.07) is 13.2. The Balaban J connectivity index is 1.46. The van der Waals surface area contributed by atoms with Gasteiger partial charge in [0.2, 0.25) is 0 Å². The Kier molecular flexibility index (Phi) is 4.95. The second-order valence-corrected chi connectivity index (χ2v) is 6.55. The number of carboxylic acids is 1. The number of carbonyl (C=O) groups excluding carboxylic acids is 1. The zero-order chi connectivity index (χ0) is 20.4. The molecule has 0 aliphatic carbocycles. The number of aromatic carboxylic acids is 1. The molecule has 4 aromatic rings. The van der Waals surface area contributed by atoms with Gasteiger partial charge in [-0.2, -0.15) is 0 Å². The van der Waals surface area contributed by atoms with E-state index >= 15 is 0 Å². The van der Waals surface area contributed by atoms with E-state index < -0.39 is 5.97 Å². The van der Waals surface area contributed by atoms with Crippen LogP contribution < -0.4 is 14.6 Å². The number of benzene rings is 2. The zero-order valence-corrected chi connectivity index (χ0v) is 15.9. The largest absolute Gasteiger partial charge is 0.541 e. The first-order chi connectivity index (χ1) is 14.0. The van der Waals surface area contributed by atoms with Crippen LogP contribution >= 0.6 is 0 Å².